The first-order valence-corrected chi connectivity index (χ1v) is 10.3. The molecule has 1 unspecified atom stereocenters. The normalized spacial score (nSPS) is 17.3. The lowest BCUT2D eigenvalue weighted by atomic mass is 9.95. The van der Waals surface area contributed by atoms with Crippen molar-refractivity contribution in [2.45, 2.75) is 6.04 Å². The van der Waals surface area contributed by atoms with Gasteiger partial charge in [-0.2, -0.15) is 0 Å². The molecule has 2 N–H and O–H groups in total. The lowest BCUT2D eigenvalue weighted by Crippen LogP contribution is -2.29. The van der Waals surface area contributed by atoms with Crippen molar-refractivity contribution in [2.24, 2.45) is 0 Å². The van der Waals surface area contributed by atoms with E-state index >= 15 is 0 Å². The predicted molar refractivity (Wildman–Crippen MR) is 124 cm³/mol. The molecule has 3 aromatic carbocycles. The van der Waals surface area contributed by atoms with Crippen molar-refractivity contribution < 1.29 is 29.3 Å². The van der Waals surface area contributed by atoms with E-state index in [0.29, 0.717) is 22.1 Å². The number of methoxy groups -OCH3 is 2. The number of para-hydroxylation sites is 2. The number of aliphatic hydroxyl groups is 1. The molecule has 1 heterocycles. The van der Waals surface area contributed by atoms with E-state index in [1.165, 1.54) is 49.5 Å². The number of anilines is 1. The van der Waals surface area contributed by atoms with Crippen LogP contribution in [0.15, 0.2) is 72.3 Å². The maximum absolute atomic E-state index is 13.2. The highest BCUT2D eigenvalue weighted by Gasteiger charge is 2.47. The van der Waals surface area contributed by atoms with E-state index in [1.807, 2.05) is 0 Å². The fourth-order valence-electron chi connectivity index (χ4n) is 3.81. The number of phenolic OH excluding ortho intramolecular Hbond substituents is 1. The molecule has 33 heavy (non-hydrogen) atoms. The number of benzene rings is 3. The van der Waals surface area contributed by atoms with E-state index in [4.69, 9.17) is 21.1 Å². The van der Waals surface area contributed by atoms with E-state index < -0.39 is 17.7 Å². The quantitative estimate of drug-likeness (QED) is 0.322. The van der Waals surface area contributed by atoms with E-state index in [-0.39, 0.29) is 28.3 Å². The molecule has 8 heteroatoms. The second kappa shape index (κ2) is 8.88. The minimum atomic E-state index is -0.995. The fraction of sp³-hybridized carbons (Fsp3) is 0.120. The number of hydrogen-bond donors (Lipinski definition) is 2. The van der Waals surface area contributed by atoms with Crippen LogP contribution in [0.25, 0.3) is 5.76 Å². The molecule has 0 aromatic heterocycles. The average molecular weight is 466 g/mol. The molecule has 3 aromatic rings. The van der Waals surface area contributed by atoms with Crippen LogP contribution in [0, 0.1) is 0 Å². The Balaban J connectivity index is 1.96. The van der Waals surface area contributed by atoms with E-state index in [1.54, 1.807) is 36.4 Å². The summed E-state index contributed by atoms with van der Waals surface area (Å²) in [6.07, 6.45) is 0. The molecule has 1 aliphatic heterocycles. The van der Waals surface area contributed by atoms with Crippen LogP contribution < -0.4 is 14.4 Å². The predicted octanol–water partition coefficient (Wildman–Crippen LogP) is 4.69. The van der Waals surface area contributed by atoms with Crippen LogP contribution in [0.3, 0.4) is 0 Å². The summed E-state index contributed by atoms with van der Waals surface area (Å²) in [6.45, 7) is 0. The molecule has 1 aliphatic rings. The third-order valence-corrected chi connectivity index (χ3v) is 5.75. The second-order valence-corrected chi connectivity index (χ2v) is 7.69. The lowest BCUT2D eigenvalue weighted by Gasteiger charge is -2.26. The van der Waals surface area contributed by atoms with Gasteiger partial charge in [-0.25, -0.2) is 0 Å². The number of ketones is 1. The van der Waals surface area contributed by atoms with Crippen LogP contribution in [0.1, 0.15) is 17.2 Å². The van der Waals surface area contributed by atoms with E-state index in [0.717, 1.165) is 0 Å². The molecule has 0 aliphatic carbocycles. The number of ether oxygens (including phenoxy) is 2. The van der Waals surface area contributed by atoms with E-state index in [9.17, 15) is 19.8 Å². The van der Waals surface area contributed by atoms with Gasteiger partial charge in [0.05, 0.1) is 36.5 Å². The van der Waals surface area contributed by atoms with Crippen molar-refractivity contribution in [1.29, 1.82) is 0 Å². The Kier molecular flexibility index (Phi) is 5.98. The Morgan fingerprint density at radius 2 is 1.67 bits per heavy atom. The molecule has 0 spiro atoms. The highest BCUT2D eigenvalue weighted by Crippen LogP contribution is 2.45. The van der Waals surface area contributed by atoms with Gasteiger partial charge in [-0.1, -0.05) is 35.9 Å². The minimum absolute atomic E-state index is 0.127. The van der Waals surface area contributed by atoms with Crippen molar-refractivity contribution in [3.63, 3.8) is 0 Å². The number of carbonyl (C=O) groups excluding carboxylic acids is 2. The van der Waals surface area contributed by atoms with Crippen molar-refractivity contribution in [2.75, 3.05) is 19.1 Å². The average Bonchev–Trinajstić information content (AvgIpc) is 3.09. The zero-order valence-electron chi connectivity index (χ0n) is 17.8. The molecule has 0 radical (unpaired) electrons. The van der Waals surface area contributed by atoms with Crippen molar-refractivity contribution in [1.82, 2.24) is 0 Å². The Labute approximate surface area is 195 Å². The number of aromatic hydroxyl groups is 1. The molecule has 4 rings (SSSR count). The molecule has 1 amide bonds. The Morgan fingerprint density at radius 3 is 2.30 bits per heavy atom. The first-order chi connectivity index (χ1) is 15.9. The first kappa shape index (κ1) is 22.2. The number of Topliss-reactive ketones (excluding diaryl/α,β-unsaturated/α-hetero) is 1. The fourth-order valence-corrected chi connectivity index (χ4v) is 4.01. The highest BCUT2D eigenvalue weighted by atomic mass is 35.5. The highest BCUT2D eigenvalue weighted by molar-refractivity contribution is 6.52. The van der Waals surface area contributed by atoms with Crippen molar-refractivity contribution in [3.8, 4) is 17.2 Å². The third-order valence-electron chi connectivity index (χ3n) is 5.44. The zero-order chi connectivity index (χ0) is 23.7. The van der Waals surface area contributed by atoms with Gasteiger partial charge in [0.1, 0.15) is 23.0 Å². The van der Waals surface area contributed by atoms with Gasteiger partial charge in [0.25, 0.3) is 11.7 Å². The minimum Gasteiger partial charge on any atom is -0.507 e. The molecule has 168 valence electrons. The van der Waals surface area contributed by atoms with Crippen LogP contribution in [0.2, 0.25) is 5.02 Å². The molecular formula is C25H20ClNO6. The Hall–Kier alpha value is -3.97. The summed E-state index contributed by atoms with van der Waals surface area (Å²) in [4.78, 5) is 27.5. The molecule has 1 saturated heterocycles. The zero-order valence-corrected chi connectivity index (χ0v) is 18.5. The largest absolute Gasteiger partial charge is 0.507 e. The van der Waals surface area contributed by atoms with Crippen molar-refractivity contribution in [3.05, 3.63) is 88.5 Å². The van der Waals surface area contributed by atoms with Gasteiger partial charge in [-0.15, -0.1) is 0 Å². The summed E-state index contributed by atoms with van der Waals surface area (Å²) in [5.41, 5.74) is 0.816. The van der Waals surface area contributed by atoms with Gasteiger partial charge >= 0.3 is 0 Å². The van der Waals surface area contributed by atoms with Gasteiger partial charge in [0, 0.05) is 5.56 Å². The van der Waals surface area contributed by atoms with Gasteiger partial charge in [-0.3, -0.25) is 14.5 Å². The maximum atomic E-state index is 13.2. The summed E-state index contributed by atoms with van der Waals surface area (Å²) in [7, 11) is 2.95. The summed E-state index contributed by atoms with van der Waals surface area (Å²) in [6, 6.07) is 16.5. The van der Waals surface area contributed by atoms with Crippen LogP contribution in [0.5, 0.6) is 17.2 Å². The summed E-state index contributed by atoms with van der Waals surface area (Å²) in [5, 5.41) is 21.9. The SMILES string of the molecule is COc1ccc(C2/C(=C(/O)c3ccc(Cl)c(OC)c3)C(=O)C(=O)N2c2ccccc2O)cc1. The standard InChI is InChI=1S/C25H20ClNO6/c1-32-16-10-7-14(8-11-16)22-21(23(29)15-9-12-17(26)20(13-15)33-2)24(30)25(31)27(22)18-5-3-4-6-19(18)28/h3-13,22,28-29H,1-2H3/b23-21-. The van der Waals surface area contributed by atoms with E-state index in [2.05, 4.69) is 0 Å². The van der Waals surface area contributed by atoms with Crippen LogP contribution in [0.4, 0.5) is 5.69 Å². The summed E-state index contributed by atoms with van der Waals surface area (Å²) < 4.78 is 10.4. The smallest absolute Gasteiger partial charge is 0.300 e. The number of nitrogens with zero attached hydrogens (tertiary/aromatic N) is 1. The summed E-state index contributed by atoms with van der Waals surface area (Å²) in [5.74, 6) is -1.43. The summed E-state index contributed by atoms with van der Waals surface area (Å²) >= 11 is 6.09. The number of halogens is 1. The van der Waals surface area contributed by atoms with Crippen molar-refractivity contribution >= 4 is 34.7 Å². The monoisotopic (exact) mass is 465 g/mol. The van der Waals surface area contributed by atoms with Crippen LogP contribution in [-0.2, 0) is 9.59 Å². The number of amides is 1. The van der Waals surface area contributed by atoms with Crippen LogP contribution in [-0.4, -0.2) is 36.1 Å². The van der Waals surface area contributed by atoms with Gasteiger partial charge in [0.15, 0.2) is 0 Å². The lowest BCUT2D eigenvalue weighted by molar-refractivity contribution is -0.132. The molecule has 1 atom stereocenters. The Bertz CT molecular complexity index is 1270. The number of carbonyl (C=O) groups is 2. The molecule has 0 bridgehead atoms. The maximum Gasteiger partial charge on any atom is 0.300 e. The molecule has 1 fully saturated rings. The number of rotatable bonds is 5. The van der Waals surface area contributed by atoms with Gasteiger partial charge < -0.3 is 19.7 Å². The second-order valence-electron chi connectivity index (χ2n) is 7.28. The topological polar surface area (TPSA) is 96.3 Å². The third kappa shape index (κ3) is 3.87. The number of aliphatic hydroxyl groups excluding tert-OH is 1. The molecular weight excluding hydrogens is 446 g/mol. The number of hydrogen-bond acceptors (Lipinski definition) is 6. The van der Waals surface area contributed by atoms with Crippen LogP contribution >= 0.6 is 11.6 Å². The Morgan fingerprint density at radius 1 is 0.970 bits per heavy atom. The molecule has 0 saturated carbocycles. The first-order valence-electron chi connectivity index (χ1n) is 9.94. The van der Waals surface area contributed by atoms with Gasteiger partial charge in [-0.05, 0) is 48.0 Å². The molecule has 7 nitrogen and oxygen atoms in total. The van der Waals surface area contributed by atoms with Gasteiger partial charge in [0.2, 0.25) is 0 Å². The number of phenols is 1.